The molecule has 0 unspecified atom stereocenters. The molecule has 3 rings (SSSR count). The minimum Gasteiger partial charge on any atom is -0.383 e. The molecule has 2 heterocycles. The molecule has 1 N–H and O–H groups in total. The third-order valence-electron chi connectivity index (χ3n) is 4.00. The first kappa shape index (κ1) is 13.9. The molecule has 0 aliphatic carbocycles. The Morgan fingerprint density at radius 2 is 2.29 bits per heavy atom. The van der Waals surface area contributed by atoms with Crippen LogP contribution in [0.2, 0.25) is 0 Å². The van der Waals surface area contributed by atoms with Crippen molar-refractivity contribution in [2.75, 3.05) is 11.9 Å². The minimum absolute atomic E-state index is 0.668. The number of aryl methyl sites for hydroxylation is 2. The number of rotatable bonds is 6. The first-order valence-electron chi connectivity index (χ1n) is 7.70. The molecule has 2 aromatic rings. The third-order valence-corrected chi connectivity index (χ3v) is 4.00. The lowest BCUT2D eigenvalue weighted by Gasteiger charge is -2.23. The van der Waals surface area contributed by atoms with Gasteiger partial charge in [-0.2, -0.15) is 0 Å². The Morgan fingerprint density at radius 3 is 3.10 bits per heavy atom. The number of fused-ring (bicyclic) bond motifs is 1. The number of benzene rings is 1. The zero-order chi connectivity index (χ0) is 14.5. The maximum absolute atomic E-state index is 10.4. The standard InChI is InChI=1S/C17H21N3O/c21-10-3-1-2-5-14-11-15-6-4-7-19-17(15)16(12-14)20-9-8-18-13-20/h8-13,19H,1-7H2. The maximum Gasteiger partial charge on any atom is 0.119 e. The number of anilines is 1. The van der Waals surface area contributed by atoms with Crippen molar-refractivity contribution >= 4 is 12.0 Å². The van der Waals surface area contributed by atoms with E-state index in [4.69, 9.17) is 0 Å². The smallest absolute Gasteiger partial charge is 0.119 e. The largest absolute Gasteiger partial charge is 0.383 e. The summed E-state index contributed by atoms with van der Waals surface area (Å²) in [6.07, 6.45) is 12.7. The zero-order valence-corrected chi connectivity index (χ0v) is 12.2. The molecular weight excluding hydrogens is 262 g/mol. The highest BCUT2D eigenvalue weighted by molar-refractivity contribution is 5.68. The van der Waals surface area contributed by atoms with Gasteiger partial charge in [-0.3, -0.25) is 0 Å². The van der Waals surface area contributed by atoms with E-state index in [1.54, 1.807) is 0 Å². The van der Waals surface area contributed by atoms with Crippen LogP contribution in [-0.2, 0) is 17.6 Å². The summed E-state index contributed by atoms with van der Waals surface area (Å²) in [5, 5.41) is 3.53. The molecule has 1 aromatic carbocycles. The van der Waals surface area contributed by atoms with Crippen molar-refractivity contribution in [2.45, 2.75) is 38.5 Å². The molecule has 0 spiro atoms. The van der Waals surface area contributed by atoms with E-state index in [2.05, 4.69) is 27.0 Å². The lowest BCUT2D eigenvalue weighted by atomic mass is 9.96. The number of aromatic nitrogens is 2. The normalized spacial score (nSPS) is 13.5. The van der Waals surface area contributed by atoms with Gasteiger partial charge in [-0.25, -0.2) is 4.98 Å². The SMILES string of the molecule is O=CCCCCc1cc2c(c(-n3ccnc3)c1)NCCC2. The molecule has 1 aliphatic heterocycles. The fourth-order valence-electron chi connectivity index (χ4n) is 2.95. The number of unbranched alkanes of at least 4 members (excludes halogenated alkanes) is 2. The van der Waals surface area contributed by atoms with Crippen LogP contribution >= 0.6 is 0 Å². The molecule has 4 heteroatoms. The van der Waals surface area contributed by atoms with Gasteiger partial charge < -0.3 is 14.7 Å². The quantitative estimate of drug-likeness (QED) is 0.654. The second kappa shape index (κ2) is 6.57. The number of nitrogens with zero attached hydrogens (tertiary/aromatic N) is 2. The van der Waals surface area contributed by atoms with Gasteiger partial charge in [-0.05, 0) is 49.3 Å². The van der Waals surface area contributed by atoms with Crippen LogP contribution in [0.4, 0.5) is 5.69 Å². The number of imidazole rings is 1. The topological polar surface area (TPSA) is 46.9 Å². The van der Waals surface area contributed by atoms with Crippen LogP contribution in [0.15, 0.2) is 30.9 Å². The van der Waals surface area contributed by atoms with Crippen LogP contribution in [0, 0.1) is 0 Å². The first-order valence-corrected chi connectivity index (χ1v) is 7.70. The average Bonchev–Trinajstić information content (AvgIpc) is 3.05. The van der Waals surface area contributed by atoms with Gasteiger partial charge in [-0.15, -0.1) is 0 Å². The Bertz CT molecular complexity index is 605. The predicted molar refractivity (Wildman–Crippen MR) is 84.0 cm³/mol. The molecule has 0 saturated heterocycles. The molecule has 4 nitrogen and oxygen atoms in total. The summed E-state index contributed by atoms with van der Waals surface area (Å²) in [5.41, 5.74) is 5.19. The summed E-state index contributed by atoms with van der Waals surface area (Å²) >= 11 is 0. The van der Waals surface area contributed by atoms with Crippen molar-refractivity contribution in [2.24, 2.45) is 0 Å². The van der Waals surface area contributed by atoms with Gasteiger partial charge in [0, 0.05) is 25.4 Å². The van der Waals surface area contributed by atoms with Crippen molar-refractivity contribution < 1.29 is 4.79 Å². The number of carbonyl (C=O) groups is 1. The number of aldehydes is 1. The maximum atomic E-state index is 10.4. The summed E-state index contributed by atoms with van der Waals surface area (Å²) in [6, 6.07) is 4.57. The van der Waals surface area contributed by atoms with Gasteiger partial charge in [0.15, 0.2) is 0 Å². The molecule has 0 radical (unpaired) electrons. The van der Waals surface area contributed by atoms with E-state index in [1.807, 2.05) is 18.7 Å². The van der Waals surface area contributed by atoms with Crippen LogP contribution in [0.5, 0.6) is 0 Å². The van der Waals surface area contributed by atoms with Crippen molar-refractivity contribution in [1.82, 2.24) is 9.55 Å². The molecular formula is C17H21N3O. The van der Waals surface area contributed by atoms with Gasteiger partial charge in [0.25, 0.3) is 0 Å². The summed E-state index contributed by atoms with van der Waals surface area (Å²) in [5.74, 6) is 0. The molecule has 1 aliphatic rings. The summed E-state index contributed by atoms with van der Waals surface area (Å²) in [4.78, 5) is 14.6. The van der Waals surface area contributed by atoms with Crippen LogP contribution in [-0.4, -0.2) is 22.4 Å². The van der Waals surface area contributed by atoms with Crippen LogP contribution in [0.1, 0.15) is 36.8 Å². The lowest BCUT2D eigenvalue weighted by Crippen LogP contribution is -2.15. The third kappa shape index (κ3) is 3.15. The van der Waals surface area contributed by atoms with Crippen LogP contribution in [0.25, 0.3) is 5.69 Å². The summed E-state index contributed by atoms with van der Waals surface area (Å²) in [7, 11) is 0. The van der Waals surface area contributed by atoms with Gasteiger partial charge in [-0.1, -0.05) is 6.07 Å². The van der Waals surface area contributed by atoms with Crippen LogP contribution < -0.4 is 5.32 Å². The van der Waals surface area contributed by atoms with E-state index in [0.29, 0.717) is 6.42 Å². The number of hydrogen-bond donors (Lipinski definition) is 1. The molecule has 21 heavy (non-hydrogen) atoms. The van der Waals surface area contributed by atoms with E-state index in [0.717, 1.165) is 38.5 Å². The van der Waals surface area contributed by atoms with Gasteiger partial charge in [0.2, 0.25) is 0 Å². The minimum atomic E-state index is 0.668. The van der Waals surface area contributed by atoms with Gasteiger partial charge >= 0.3 is 0 Å². The highest BCUT2D eigenvalue weighted by Gasteiger charge is 2.15. The van der Waals surface area contributed by atoms with E-state index >= 15 is 0 Å². The molecule has 0 atom stereocenters. The molecule has 0 amide bonds. The Balaban J connectivity index is 1.88. The fourth-order valence-corrected chi connectivity index (χ4v) is 2.95. The first-order chi connectivity index (χ1) is 10.4. The lowest BCUT2D eigenvalue weighted by molar-refractivity contribution is -0.107. The number of hydrogen-bond acceptors (Lipinski definition) is 3. The fraction of sp³-hybridized carbons (Fsp3) is 0.412. The Morgan fingerprint density at radius 1 is 1.33 bits per heavy atom. The van der Waals surface area contributed by atoms with E-state index < -0.39 is 0 Å². The second-order valence-electron chi connectivity index (χ2n) is 5.56. The number of nitrogens with one attached hydrogen (secondary N) is 1. The predicted octanol–water partition coefficient (Wildman–Crippen LogP) is 3.14. The van der Waals surface area contributed by atoms with Crippen molar-refractivity contribution in [3.8, 4) is 5.69 Å². The van der Waals surface area contributed by atoms with Gasteiger partial charge in [0.1, 0.15) is 6.29 Å². The molecule has 0 bridgehead atoms. The summed E-state index contributed by atoms with van der Waals surface area (Å²) < 4.78 is 2.08. The summed E-state index contributed by atoms with van der Waals surface area (Å²) in [6.45, 7) is 1.04. The van der Waals surface area contributed by atoms with Crippen molar-refractivity contribution in [3.63, 3.8) is 0 Å². The molecule has 1 aromatic heterocycles. The molecule has 0 fully saturated rings. The molecule has 110 valence electrons. The Hall–Kier alpha value is -2.10. The van der Waals surface area contributed by atoms with E-state index in [9.17, 15) is 4.79 Å². The van der Waals surface area contributed by atoms with E-state index in [-0.39, 0.29) is 0 Å². The van der Waals surface area contributed by atoms with Crippen molar-refractivity contribution in [1.29, 1.82) is 0 Å². The van der Waals surface area contributed by atoms with Crippen LogP contribution in [0.3, 0.4) is 0 Å². The Labute approximate surface area is 125 Å². The highest BCUT2D eigenvalue weighted by atomic mass is 16.1. The molecule has 0 saturated carbocycles. The Kier molecular flexibility index (Phi) is 4.34. The highest BCUT2D eigenvalue weighted by Crippen LogP contribution is 2.31. The van der Waals surface area contributed by atoms with Gasteiger partial charge in [0.05, 0.1) is 17.7 Å². The zero-order valence-electron chi connectivity index (χ0n) is 12.2. The average molecular weight is 283 g/mol. The number of carbonyl (C=O) groups excluding carboxylic acids is 1. The second-order valence-corrected chi connectivity index (χ2v) is 5.56. The van der Waals surface area contributed by atoms with Crippen molar-refractivity contribution in [3.05, 3.63) is 42.0 Å². The monoisotopic (exact) mass is 283 g/mol. The van der Waals surface area contributed by atoms with E-state index in [1.165, 1.54) is 28.9 Å².